The van der Waals surface area contributed by atoms with Crippen molar-refractivity contribution in [3.63, 3.8) is 0 Å². The van der Waals surface area contributed by atoms with Crippen LogP contribution < -0.4 is 0 Å². The summed E-state index contributed by atoms with van der Waals surface area (Å²) in [5, 5.41) is 3.45. The summed E-state index contributed by atoms with van der Waals surface area (Å²) in [6, 6.07) is 74.5. The molecule has 0 aliphatic carbocycles. The quantitative estimate of drug-likeness (QED) is 0.154. The fraction of sp³-hybridized carbons (Fsp3) is 0. The predicted molar refractivity (Wildman–Crippen MR) is 233 cm³/mol. The van der Waals surface area contributed by atoms with E-state index in [-0.39, 0.29) is 0 Å². The van der Waals surface area contributed by atoms with Gasteiger partial charge in [0.25, 0.3) is 0 Å². The Balaban J connectivity index is 1.17. The maximum atomic E-state index is 5.25. The second kappa shape index (κ2) is 14.4. The Morgan fingerprint density at radius 3 is 1.39 bits per heavy atom. The first-order valence-electron chi connectivity index (χ1n) is 18.9. The van der Waals surface area contributed by atoms with Crippen LogP contribution in [0.25, 0.3) is 100 Å². The summed E-state index contributed by atoms with van der Waals surface area (Å²) in [5.41, 5.74) is 14.7. The summed E-state index contributed by atoms with van der Waals surface area (Å²) < 4.78 is 0. The van der Waals surface area contributed by atoms with E-state index in [1.807, 2.05) is 24.3 Å². The van der Waals surface area contributed by atoms with Crippen LogP contribution in [-0.2, 0) is 0 Å². The number of aromatic nitrogens is 3. The topological polar surface area (TPSA) is 38.7 Å². The molecule has 0 amide bonds. The van der Waals surface area contributed by atoms with Gasteiger partial charge in [-0.25, -0.2) is 15.0 Å². The Morgan fingerprint density at radius 1 is 0.268 bits per heavy atom. The third kappa shape index (κ3) is 6.31. The fourth-order valence-electron chi connectivity index (χ4n) is 7.74. The van der Waals surface area contributed by atoms with Crippen LogP contribution in [0.5, 0.6) is 0 Å². The molecule has 0 bridgehead atoms. The van der Waals surface area contributed by atoms with E-state index in [1.54, 1.807) is 0 Å². The van der Waals surface area contributed by atoms with Gasteiger partial charge in [-0.15, -0.1) is 0 Å². The van der Waals surface area contributed by atoms with Crippen molar-refractivity contribution in [2.75, 3.05) is 0 Å². The fourth-order valence-corrected chi connectivity index (χ4v) is 7.74. The molecule has 0 fully saturated rings. The third-order valence-electron chi connectivity index (χ3n) is 10.4. The van der Waals surface area contributed by atoms with E-state index in [1.165, 1.54) is 5.39 Å². The van der Waals surface area contributed by atoms with E-state index >= 15 is 0 Å². The van der Waals surface area contributed by atoms with Gasteiger partial charge in [-0.2, -0.15) is 0 Å². The summed E-state index contributed by atoms with van der Waals surface area (Å²) in [4.78, 5) is 15.7. The summed E-state index contributed by atoms with van der Waals surface area (Å²) in [6.07, 6.45) is 0. The number of hydrogen-bond acceptors (Lipinski definition) is 3. The third-order valence-corrected chi connectivity index (χ3v) is 10.4. The van der Waals surface area contributed by atoms with Crippen molar-refractivity contribution in [1.29, 1.82) is 0 Å². The largest absolute Gasteiger partial charge is 0.247 e. The molecule has 10 rings (SSSR count). The lowest BCUT2D eigenvalue weighted by atomic mass is 9.92. The highest BCUT2D eigenvalue weighted by atomic mass is 14.9. The first kappa shape index (κ1) is 33.1. The Morgan fingerprint density at radius 2 is 0.732 bits per heavy atom. The Kier molecular flexibility index (Phi) is 8.51. The zero-order valence-electron chi connectivity index (χ0n) is 30.5. The highest BCUT2D eigenvalue weighted by Gasteiger charge is 2.17. The van der Waals surface area contributed by atoms with Crippen molar-refractivity contribution in [2.45, 2.75) is 0 Å². The molecule has 0 atom stereocenters. The molecule has 2 heterocycles. The average Bonchev–Trinajstić information content (AvgIpc) is 3.29. The SMILES string of the molecule is c1ccc(-c2cc(-c3ccccc3)cc(-c3cc(-c4cccc(-c5cccc6c(-c7ccccc7)nc7ccccc7c56)c4)nc(-c4ccccc4)n3)c2)cc1. The number of fused-ring (bicyclic) bond motifs is 3. The minimum atomic E-state index is 0.685. The second-order valence-electron chi connectivity index (χ2n) is 14.0. The van der Waals surface area contributed by atoms with E-state index in [0.717, 1.165) is 89.0 Å². The minimum absolute atomic E-state index is 0.685. The standard InChI is InChI=1S/C53H35N3/c1-5-17-36(18-6-1)42-32-43(37-19-7-2-8-20-37)34-44(33-42)50-35-49(55-53(56-50)39-23-11-4-12-24-39)41-26-15-25-40(31-41)45-28-16-29-47-51(45)46-27-13-14-30-48(46)54-52(47)38-21-9-3-10-22-38/h1-35H. The van der Waals surface area contributed by atoms with E-state index in [9.17, 15) is 0 Å². The lowest BCUT2D eigenvalue weighted by Gasteiger charge is -2.15. The molecule has 0 saturated heterocycles. The van der Waals surface area contributed by atoms with Gasteiger partial charge in [-0.3, -0.25) is 0 Å². The molecule has 0 saturated carbocycles. The van der Waals surface area contributed by atoms with Crippen LogP contribution in [0.1, 0.15) is 0 Å². The number of benzene rings is 8. The highest BCUT2D eigenvalue weighted by molar-refractivity contribution is 6.17. The van der Waals surface area contributed by atoms with Crippen LogP contribution in [0.4, 0.5) is 0 Å². The maximum absolute atomic E-state index is 5.25. The van der Waals surface area contributed by atoms with Crippen molar-refractivity contribution in [3.05, 3.63) is 212 Å². The number of rotatable bonds is 7. The molecule has 0 radical (unpaired) electrons. The molecule has 0 spiro atoms. The van der Waals surface area contributed by atoms with Gasteiger partial charge in [0.2, 0.25) is 0 Å². The lowest BCUT2D eigenvalue weighted by Crippen LogP contribution is -1.97. The van der Waals surface area contributed by atoms with Gasteiger partial charge >= 0.3 is 0 Å². The van der Waals surface area contributed by atoms with Gasteiger partial charge in [-0.1, -0.05) is 176 Å². The van der Waals surface area contributed by atoms with Gasteiger partial charge < -0.3 is 0 Å². The molecule has 0 N–H and O–H groups in total. The smallest absolute Gasteiger partial charge is 0.160 e. The van der Waals surface area contributed by atoms with Crippen LogP contribution in [0.2, 0.25) is 0 Å². The number of hydrogen-bond donors (Lipinski definition) is 0. The maximum Gasteiger partial charge on any atom is 0.160 e. The minimum Gasteiger partial charge on any atom is -0.247 e. The average molecular weight is 714 g/mol. The number of para-hydroxylation sites is 1. The van der Waals surface area contributed by atoms with E-state index < -0.39 is 0 Å². The molecule has 8 aromatic carbocycles. The first-order chi connectivity index (χ1) is 27.7. The van der Waals surface area contributed by atoms with E-state index in [4.69, 9.17) is 15.0 Å². The van der Waals surface area contributed by atoms with Crippen LogP contribution in [0.3, 0.4) is 0 Å². The van der Waals surface area contributed by atoms with E-state index in [0.29, 0.717) is 5.82 Å². The zero-order chi connectivity index (χ0) is 37.3. The molecular formula is C53H35N3. The van der Waals surface area contributed by atoms with Gasteiger partial charge in [0, 0.05) is 38.4 Å². The normalized spacial score (nSPS) is 11.2. The van der Waals surface area contributed by atoms with Crippen molar-refractivity contribution >= 4 is 21.7 Å². The van der Waals surface area contributed by atoms with Crippen molar-refractivity contribution in [2.24, 2.45) is 0 Å². The molecule has 10 aromatic rings. The Bertz CT molecular complexity index is 2940. The van der Waals surface area contributed by atoms with Crippen LogP contribution in [0.15, 0.2) is 212 Å². The molecule has 2 aromatic heterocycles. The van der Waals surface area contributed by atoms with E-state index in [2.05, 4.69) is 188 Å². The first-order valence-corrected chi connectivity index (χ1v) is 18.9. The van der Waals surface area contributed by atoms with Gasteiger partial charge in [-0.05, 0) is 69.8 Å². The Hall–Kier alpha value is -7.49. The lowest BCUT2D eigenvalue weighted by molar-refractivity contribution is 1.18. The predicted octanol–water partition coefficient (Wildman–Crippen LogP) is 13.8. The van der Waals surface area contributed by atoms with Crippen molar-refractivity contribution < 1.29 is 0 Å². The van der Waals surface area contributed by atoms with Crippen LogP contribution >= 0.6 is 0 Å². The Labute approximate surface area is 326 Å². The molecule has 56 heavy (non-hydrogen) atoms. The second-order valence-corrected chi connectivity index (χ2v) is 14.0. The summed E-state index contributed by atoms with van der Waals surface area (Å²) in [6.45, 7) is 0. The summed E-state index contributed by atoms with van der Waals surface area (Å²) in [7, 11) is 0. The molecule has 3 heteroatoms. The summed E-state index contributed by atoms with van der Waals surface area (Å²) in [5.74, 6) is 0.685. The number of pyridine rings is 1. The van der Waals surface area contributed by atoms with Gasteiger partial charge in [0.15, 0.2) is 5.82 Å². The zero-order valence-corrected chi connectivity index (χ0v) is 30.5. The molecule has 262 valence electrons. The van der Waals surface area contributed by atoms with Crippen LogP contribution in [-0.4, -0.2) is 15.0 Å². The highest BCUT2D eigenvalue weighted by Crippen LogP contribution is 2.40. The molecule has 0 aliphatic rings. The summed E-state index contributed by atoms with van der Waals surface area (Å²) >= 11 is 0. The monoisotopic (exact) mass is 713 g/mol. The van der Waals surface area contributed by atoms with Gasteiger partial charge in [0.1, 0.15) is 0 Å². The molecule has 0 aliphatic heterocycles. The van der Waals surface area contributed by atoms with Gasteiger partial charge in [0.05, 0.1) is 22.6 Å². The number of nitrogens with zero attached hydrogens (tertiary/aromatic N) is 3. The van der Waals surface area contributed by atoms with Crippen molar-refractivity contribution in [3.8, 4) is 78.5 Å². The molecular weight excluding hydrogens is 679 g/mol. The van der Waals surface area contributed by atoms with Crippen molar-refractivity contribution in [1.82, 2.24) is 15.0 Å². The molecule has 0 unspecified atom stereocenters. The molecule has 3 nitrogen and oxygen atoms in total. The van der Waals surface area contributed by atoms with Crippen LogP contribution in [0, 0.1) is 0 Å².